The van der Waals surface area contributed by atoms with E-state index < -0.39 is 24.0 Å². The summed E-state index contributed by atoms with van der Waals surface area (Å²) >= 11 is 13.1. The van der Waals surface area contributed by atoms with Crippen LogP contribution in [0.4, 0.5) is 0 Å². The minimum atomic E-state index is -2.20. The van der Waals surface area contributed by atoms with Crippen LogP contribution in [-0.2, 0) is 16.0 Å². The zero-order valence-corrected chi connectivity index (χ0v) is 16.0. The van der Waals surface area contributed by atoms with Crippen LogP contribution < -0.4 is 0 Å². The summed E-state index contributed by atoms with van der Waals surface area (Å²) in [5.41, 5.74) is -1.06. The summed E-state index contributed by atoms with van der Waals surface area (Å²) in [5.74, 6) is -2.27. The molecule has 25 heavy (non-hydrogen) atoms. The highest BCUT2D eigenvalue weighted by Crippen LogP contribution is 2.24. The van der Waals surface area contributed by atoms with E-state index in [0.717, 1.165) is 37.7 Å². The Bertz CT molecular complexity index is 596. The van der Waals surface area contributed by atoms with Crippen molar-refractivity contribution in [1.82, 2.24) is 0 Å². The highest BCUT2D eigenvalue weighted by atomic mass is 35.5. The number of carbonyl (C=O) groups is 2. The lowest BCUT2D eigenvalue weighted by Gasteiger charge is -2.20. The summed E-state index contributed by atoms with van der Waals surface area (Å²) < 4.78 is 0. The fraction of sp³-hybridized carbons (Fsp3) is 0.529. The molecule has 0 aliphatic carbocycles. The van der Waals surface area contributed by atoms with Crippen LogP contribution in [0.1, 0.15) is 37.7 Å². The number of aliphatic carboxylic acids is 2. The van der Waals surface area contributed by atoms with E-state index in [0.29, 0.717) is 15.8 Å². The second kappa shape index (κ2) is 10.9. The molecular formula is C17H22Cl2O5S. The molecule has 8 heteroatoms. The van der Waals surface area contributed by atoms with Crippen molar-refractivity contribution in [3.63, 3.8) is 0 Å². The van der Waals surface area contributed by atoms with Crippen molar-refractivity contribution in [2.24, 2.45) is 0 Å². The summed E-state index contributed by atoms with van der Waals surface area (Å²) in [6.45, 7) is 0. The predicted octanol–water partition coefficient (Wildman–Crippen LogP) is 4.12. The number of halogens is 2. The van der Waals surface area contributed by atoms with Crippen LogP contribution in [0.15, 0.2) is 18.2 Å². The molecule has 0 bridgehead atoms. The maximum atomic E-state index is 11.0. The molecule has 0 saturated carbocycles. The molecule has 3 N–H and O–H groups in total. The van der Waals surface area contributed by atoms with Crippen LogP contribution in [0, 0.1) is 0 Å². The monoisotopic (exact) mass is 408 g/mol. The summed E-state index contributed by atoms with van der Waals surface area (Å²) in [6.07, 6.45) is 4.04. The minimum absolute atomic E-state index is 0.127. The fourth-order valence-electron chi connectivity index (χ4n) is 2.26. The fourth-order valence-corrected chi connectivity index (χ4v) is 3.70. The van der Waals surface area contributed by atoms with E-state index in [-0.39, 0.29) is 5.75 Å². The quantitative estimate of drug-likeness (QED) is 0.450. The first-order chi connectivity index (χ1) is 11.7. The molecule has 0 aromatic heterocycles. The van der Waals surface area contributed by atoms with Gasteiger partial charge in [-0.25, -0.2) is 4.79 Å². The first kappa shape index (κ1) is 22.1. The molecule has 0 heterocycles. The smallest absolute Gasteiger partial charge is 0.337 e. The molecule has 0 unspecified atom stereocenters. The van der Waals surface area contributed by atoms with Crippen molar-refractivity contribution >= 4 is 46.9 Å². The van der Waals surface area contributed by atoms with Crippen LogP contribution in [-0.4, -0.2) is 44.4 Å². The highest BCUT2D eigenvalue weighted by Gasteiger charge is 2.38. The maximum Gasteiger partial charge on any atom is 0.337 e. The van der Waals surface area contributed by atoms with Gasteiger partial charge in [0.25, 0.3) is 0 Å². The largest absolute Gasteiger partial charge is 0.481 e. The predicted molar refractivity (Wildman–Crippen MR) is 101 cm³/mol. The third-order valence-corrected chi connectivity index (χ3v) is 5.67. The average molecular weight is 409 g/mol. The lowest BCUT2D eigenvalue weighted by atomic mass is 10.0. The van der Waals surface area contributed by atoms with Gasteiger partial charge in [-0.15, -0.1) is 0 Å². The number of hydrogen-bond donors (Lipinski definition) is 3. The number of unbranched alkanes of at least 4 members (excludes halogenated alkanes) is 3. The molecular weight excluding hydrogens is 387 g/mol. The number of carboxylic acids is 2. The molecule has 0 spiro atoms. The maximum absolute atomic E-state index is 11.0. The lowest BCUT2D eigenvalue weighted by molar-refractivity contribution is -0.162. The van der Waals surface area contributed by atoms with Crippen LogP contribution >= 0.6 is 35.0 Å². The van der Waals surface area contributed by atoms with Gasteiger partial charge in [0.1, 0.15) is 0 Å². The standard InChI is InChI=1S/C17H22Cl2O5S/c18-13-7-6-12(9-14(13)19)5-3-1-2-4-8-25-11-17(24,16(22)23)10-15(20)21/h6-7,9,24H,1-5,8,10-11H2,(H,20,21)(H,22,23)/t17-/m1/s1. The Morgan fingerprint density at radius 2 is 1.72 bits per heavy atom. The Balaban J connectivity index is 2.16. The number of rotatable bonds is 12. The normalized spacial score (nSPS) is 13.4. The van der Waals surface area contributed by atoms with Gasteiger partial charge in [0.15, 0.2) is 5.60 Å². The van der Waals surface area contributed by atoms with Crippen LogP contribution in [0.25, 0.3) is 0 Å². The number of benzene rings is 1. The van der Waals surface area contributed by atoms with Gasteiger partial charge in [-0.3, -0.25) is 4.79 Å². The number of thioether (sulfide) groups is 1. The van der Waals surface area contributed by atoms with Crippen molar-refractivity contribution in [3.05, 3.63) is 33.8 Å². The minimum Gasteiger partial charge on any atom is -0.481 e. The zero-order chi connectivity index (χ0) is 18.9. The van der Waals surface area contributed by atoms with Crippen molar-refractivity contribution < 1.29 is 24.9 Å². The van der Waals surface area contributed by atoms with Crippen LogP contribution in [0.3, 0.4) is 0 Å². The highest BCUT2D eigenvalue weighted by molar-refractivity contribution is 7.99. The molecule has 0 radical (unpaired) electrons. The van der Waals surface area contributed by atoms with Gasteiger partial charge < -0.3 is 15.3 Å². The molecule has 5 nitrogen and oxygen atoms in total. The second-order valence-corrected chi connectivity index (χ2v) is 7.79. The molecule has 1 rings (SSSR count). The summed E-state index contributed by atoms with van der Waals surface area (Å²) in [4.78, 5) is 21.6. The Labute approximate surface area is 161 Å². The number of hydrogen-bond acceptors (Lipinski definition) is 4. The van der Waals surface area contributed by atoms with E-state index in [1.54, 1.807) is 6.07 Å². The third kappa shape index (κ3) is 8.31. The molecule has 0 saturated heterocycles. The van der Waals surface area contributed by atoms with Gasteiger partial charge in [-0.1, -0.05) is 42.1 Å². The van der Waals surface area contributed by atoms with E-state index in [2.05, 4.69) is 0 Å². The van der Waals surface area contributed by atoms with Gasteiger partial charge in [-0.05, 0) is 42.7 Å². The molecule has 140 valence electrons. The first-order valence-electron chi connectivity index (χ1n) is 7.94. The van der Waals surface area contributed by atoms with E-state index in [1.807, 2.05) is 12.1 Å². The average Bonchev–Trinajstić information content (AvgIpc) is 2.52. The van der Waals surface area contributed by atoms with Crippen molar-refractivity contribution in [1.29, 1.82) is 0 Å². The van der Waals surface area contributed by atoms with Crippen molar-refractivity contribution in [3.8, 4) is 0 Å². The van der Waals surface area contributed by atoms with Gasteiger partial charge in [0.05, 0.1) is 16.5 Å². The van der Waals surface area contributed by atoms with Gasteiger partial charge in [0.2, 0.25) is 0 Å². The Morgan fingerprint density at radius 3 is 2.32 bits per heavy atom. The van der Waals surface area contributed by atoms with Gasteiger partial charge >= 0.3 is 11.9 Å². The summed E-state index contributed by atoms with van der Waals surface area (Å²) in [5, 5.41) is 28.6. The number of aliphatic hydroxyl groups is 1. The number of aryl methyl sites for hydroxylation is 1. The topological polar surface area (TPSA) is 94.8 Å². The molecule has 0 amide bonds. The molecule has 1 aromatic rings. The van der Waals surface area contributed by atoms with Crippen LogP contribution in [0.5, 0.6) is 0 Å². The Kier molecular flexibility index (Phi) is 9.64. The second-order valence-electron chi connectivity index (χ2n) is 5.87. The lowest BCUT2D eigenvalue weighted by Crippen LogP contribution is -2.43. The van der Waals surface area contributed by atoms with E-state index in [4.69, 9.17) is 33.4 Å². The number of carboxylic acid groups (broad SMARTS) is 2. The first-order valence-corrected chi connectivity index (χ1v) is 9.85. The molecule has 0 aliphatic heterocycles. The van der Waals surface area contributed by atoms with Crippen molar-refractivity contribution in [2.75, 3.05) is 11.5 Å². The van der Waals surface area contributed by atoms with Crippen LogP contribution in [0.2, 0.25) is 10.0 Å². The van der Waals surface area contributed by atoms with Gasteiger partial charge in [0, 0.05) is 5.75 Å². The van der Waals surface area contributed by atoms with Gasteiger partial charge in [-0.2, -0.15) is 11.8 Å². The zero-order valence-electron chi connectivity index (χ0n) is 13.7. The Morgan fingerprint density at radius 1 is 1.04 bits per heavy atom. The van der Waals surface area contributed by atoms with E-state index >= 15 is 0 Å². The molecule has 1 atom stereocenters. The van der Waals surface area contributed by atoms with Crippen molar-refractivity contribution in [2.45, 2.75) is 44.1 Å². The van der Waals surface area contributed by atoms with E-state index in [9.17, 15) is 14.7 Å². The third-order valence-electron chi connectivity index (χ3n) is 3.67. The van der Waals surface area contributed by atoms with E-state index in [1.165, 1.54) is 11.8 Å². The molecule has 1 aromatic carbocycles. The molecule has 0 aliphatic rings. The SMILES string of the molecule is O=C(O)C[C@@](O)(CSCCCCCCc1ccc(Cl)c(Cl)c1)C(=O)O. The Hall–Kier alpha value is -0.950. The molecule has 0 fully saturated rings. The summed E-state index contributed by atoms with van der Waals surface area (Å²) in [6, 6.07) is 5.62. The summed E-state index contributed by atoms with van der Waals surface area (Å²) in [7, 11) is 0.